The van der Waals surface area contributed by atoms with Gasteiger partial charge in [-0.3, -0.25) is 4.99 Å². The summed E-state index contributed by atoms with van der Waals surface area (Å²) < 4.78 is 0. The zero-order valence-electron chi connectivity index (χ0n) is 5.75. The summed E-state index contributed by atoms with van der Waals surface area (Å²) in [5, 5.41) is 0. The van der Waals surface area contributed by atoms with Gasteiger partial charge in [0.1, 0.15) is 0 Å². The van der Waals surface area contributed by atoms with Crippen LogP contribution in [-0.2, 0) is 6.32 Å². The van der Waals surface area contributed by atoms with Crippen molar-refractivity contribution in [3.8, 4) is 0 Å². The summed E-state index contributed by atoms with van der Waals surface area (Å²) in [4.78, 5) is 3.77. The number of benzene rings is 1. The molecule has 1 rings (SSSR count). The molecule has 1 aromatic carbocycles. The van der Waals surface area contributed by atoms with Crippen molar-refractivity contribution in [2.45, 2.75) is 6.32 Å². The van der Waals surface area contributed by atoms with Crippen LogP contribution in [0.15, 0.2) is 29.3 Å². The van der Waals surface area contributed by atoms with Crippen LogP contribution in [0.5, 0.6) is 0 Å². The summed E-state index contributed by atoms with van der Waals surface area (Å²) in [6.45, 7) is 3.42. The highest BCUT2D eigenvalue weighted by atomic mass is 14.7. The number of hydrogen-bond donors (Lipinski definition) is 0. The molecule has 0 bridgehead atoms. The first kappa shape index (κ1) is 7.07. The van der Waals surface area contributed by atoms with Gasteiger partial charge in [0.05, 0.1) is 13.5 Å². The maximum Gasteiger partial charge on any atom is 0.0716 e. The molecule has 1 nitrogen and oxygen atoms in total. The molecule has 0 saturated heterocycles. The minimum Gasteiger partial charge on any atom is -0.265 e. The normalized spacial score (nSPS) is 9.20. The average Bonchev–Trinajstić information content (AvgIpc) is 2.05. The molecule has 0 aliphatic heterocycles. The summed E-state index contributed by atoms with van der Waals surface area (Å²) in [6, 6.07) is 7.71. The summed E-state index contributed by atoms with van der Waals surface area (Å²) in [6.07, 6.45) is 0.559. The minimum atomic E-state index is 0.559. The predicted octanol–water partition coefficient (Wildman–Crippen LogP) is 1.69. The molecule has 0 N–H and O–H groups in total. The molecule has 0 amide bonds. The molecule has 10 heavy (non-hydrogen) atoms. The Kier molecular flexibility index (Phi) is 2.27. The number of nitrogens with zero attached hydrogens (tertiary/aromatic N) is 1. The second-order valence-corrected chi connectivity index (χ2v) is 2.03. The average molecular weight is 129 g/mol. The third-order valence-electron chi connectivity index (χ3n) is 1.33. The summed E-state index contributed by atoms with van der Waals surface area (Å²) in [5.41, 5.74) is 1.97. The van der Waals surface area contributed by atoms with Gasteiger partial charge in [0.25, 0.3) is 0 Å². The van der Waals surface area contributed by atoms with E-state index < -0.39 is 0 Å². The van der Waals surface area contributed by atoms with Gasteiger partial charge in [-0.05, 0) is 18.9 Å². The van der Waals surface area contributed by atoms with Crippen molar-refractivity contribution in [3.63, 3.8) is 0 Å². The first-order valence-corrected chi connectivity index (χ1v) is 3.12. The van der Waals surface area contributed by atoms with Gasteiger partial charge in [-0.15, -0.1) is 0 Å². The van der Waals surface area contributed by atoms with Gasteiger partial charge in [-0.1, -0.05) is 24.0 Å². The van der Waals surface area contributed by atoms with Crippen LogP contribution in [0.25, 0.3) is 0 Å². The summed E-state index contributed by atoms with van der Waals surface area (Å²) in [5.74, 6) is 0. The Bertz CT molecular complexity index is 232. The molecular formula is C8H8BN. The highest BCUT2D eigenvalue weighted by molar-refractivity contribution is 6.08. The first-order chi connectivity index (χ1) is 4.86. The smallest absolute Gasteiger partial charge is 0.0716 e. The molecule has 0 heterocycles. The molecule has 0 aromatic heterocycles. The van der Waals surface area contributed by atoms with Crippen molar-refractivity contribution in [3.05, 3.63) is 29.8 Å². The van der Waals surface area contributed by atoms with Crippen LogP contribution in [0.4, 0.5) is 5.69 Å². The Morgan fingerprint density at radius 1 is 1.50 bits per heavy atom. The van der Waals surface area contributed by atoms with Gasteiger partial charge >= 0.3 is 0 Å². The van der Waals surface area contributed by atoms with Gasteiger partial charge in [-0.25, -0.2) is 0 Å². The van der Waals surface area contributed by atoms with Crippen molar-refractivity contribution >= 4 is 20.3 Å². The maximum atomic E-state index is 5.41. The highest BCUT2D eigenvalue weighted by Gasteiger charge is 1.88. The molecule has 0 fully saturated rings. The Hall–Kier alpha value is -1.05. The molecule has 0 unspecified atom stereocenters. The van der Waals surface area contributed by atoms with Crippen molar-refractivity contribution in [2.75, 3.05) is 0 Å². The minimum absolute atomic E-state index is 0.559. The van der Waals surface area contributed by atoms with Gasteiger partial charge in [0.2, 0.25) is 0 Å². The number of rotatable bonds is 2. The van der Waals surface area contributed by atoms with Gasteiger partial charge in [-0.2, -0.15) is 0 Å². The Labute approximate surface area is 62.2 Å². The lowest BCUT2D eigenvalue weighted by atomic mass is 9.97. The molecule has 1 aromatic rings. The van der Waals surface area contributed by atoms with Crippen LogP contribution in [0.3, 0.4) is 0 Å². The van der Waals surface area contributed by atoms with E-state index in [1.807, 2.05) is 24.3 Å². The number of hydrogen-bond acceptors (Lipinski definition) is 1. The van der Waals surface area contributed by atoms with Gasteiger partial charge in [0, 0.05) is 0 Å². The molecule has 0 atom stereocenters. The standard InChI is InChI=1S/C8H8BN/c1-10-8-4-2-3-7(5-8)6-9/h2-5H,1,6H2. The molecule has 48 valence electrons. The predicted molar refractivity (Wildman–Crippen MR) is 45.1 cm³/mol. The zero-order valence-corrected chi connectivity index (χ0v) is 5.75. The number of aliphatic imine (C=N–C) groups is 1. The maximum absolute atomic E-state index is 5.41. The Balaban J connectivity index is 2.98. The lowest BCUT2D eigenvalue weighted by Gasteiger charge is -1.95. The van der Waals surface area contributed by atoms with Crippen LogP contribution in [-0.4, -0.2) is 14.6 Å². The Morgan fingerprint density at radius 3 is 2.90 bits per heavy atom. The largest absolute Gasteiger partial charge is 0.265 e. The van der Waals surface area contributed by atoms with E-state index >= 15 is 0 Å². The lowest BCUT2D eigenvalue weighted by Crippen LogP contribution is -1.80. The van der Waals surface area contributed by atoms with E-state index in [4.69, 9.17) is 7.85 Å². The van der Waals surface area contributed by atoms with Crippen molar-refractivity contribution in [1.82, 2.24) is 0 Å². The van der Waals surface area contributed by atoms with Crippen LogP contribution < -0.4 is 0 Å². The molecule has 2 heteroatoms. The van der Waals surface area contributed by atoms with Crippen LogP contribution in [0.2, 0.25) is 0 Å². The first-order valence-electron chi connectivity index (χ1n) is 3.12. The highest BCUT2D eigenvalue weighted by Crippen LogP contribution is 2.12. The van der Waals surface area contributed by atoms with E-state index in [0.29, 0.717) is 6.32 Å². The molecule has 2 radical (unpaired) electrons. The summed E-state index contributed by atoms with van der Waals surface area (Å²) in [7, 11) is 5.41. The fourth-order valence-electron chi connectivity index (χ4n) is 0.782. The fraction of sp³-hybridized carbons (Fsp3) is 0.125. The van der Waals surface area contributed by atoms with E-state index in [1.54, 1.807) is 0 Å². The monoisotopic (exact) mass is 129 g/mol. The molecule has 0 spiro atoms. The molecule has 0 saturated carbocycles. The Morgan fingerprint density at radius 2 is 2.30 bits per heavy atom. The van der Waals surface area contributed by atoms with E-state index in [2.05, 4.69) is 11.7 Å². The summed E-state index contributed by atoms with van der Waals surface area (Å²) >= 11 is 0. The molecule has 0 aliphatic carbocycles. The van der Waals surface area contributed by atoms with E-state index in [0.717, 1.165) is 11.3 Å². The fourth-order valence-corrected chi connectivity index (χ4v) is 0.782. The van der Waals surface area contributed by atoms with Gasteiger partial charge < -0.3 is 0 Å². The second kappa shape index (κ2) is 3.21. The lowest BCUT2D eigenvalue weighted by molar-refractivity contribution is 1.38. The quantitative estimate of drug-likeness (QED) is 0.425. The van der Waals surface area contributed by atoms with E-state index in [-0.39, 0.29) is 0 Å². The van der Waals surface area contributed by atoms with E-state index in [1.165, 1.54) is 0 Å². The molecule has 0 aliphatic rings. The second-order valence-electron chi connectivity index (χ2n) is 2.03. The third kappa shape index (κ3) is 1.47. The van der Waals surface area contributed by atoms with Gasteiger partial charge in [0.15, 0.2) is 0 Å². The molecular weight excluding hydrogens is 121 g/mol. The van der Waals surface area contributed by atoms with E-state index in [9.17, 15) is 0 Å². The van der Waals surface area contributed by atoms with Crippen molar-refractivity contribution < 1.29 is 0 Å². The van der Waals surface area contributed by atoms with Crippen LogP contribution >= 0.6 is 0 Å². The van der Waals surface area contributed by atoms with Crippen LogP contribution in [0, 0.1) is 0 Å². The third-order valence-corrected chi connectivity index (χ3v) is 1.33. The zero-order chi connectivity index (χ0) is 7.40. The van der Waals surface area contributed by atoms with Crippen LogP contribution in [0.1, 0.15) is 5.56 Å². The topological polar surface area (TPSA) is 12.4 Å². The SMILES string of the molecule is [B]Cc1cccc(N=C)c1. The van der Waals surface area contributed by atoms with Crippen molar-refractivity contribution in [1.29, 1.82) is 0 Å². The van der Waals surface area contributed by atoms with Crippen molar-refractivity contribution in [2.24, 2.45) is 4.99 Å².